The van der Waals surface area contributed by atoms with E-state index in [2.05, 4.69) is 27.6 Å². The summed E-state index contributed by atoms with van der Waals surface area (Å²) in [6, 6.07) is 8.03. The Morgan fingerprint density at radius 3 is 2.55 bits per heavy atom. The van der Waals surface area contributed by atoms with Gasteiger partial charge in [-0.15, -0.1) is 10.2 Å². The summed E-state index contributed by atoms with van der Waals surface area (Å²) < 4.78 is 0. The first-order chi connectivity index (χ1) is 10.8. The van der Waals surface area contributed by atoms with E-state index in [4.69, 9.17) is 0 Å². The molecule has 5 heteroatoms. The van der Waals surface area contributed by atoms with E-state index in [1.54, 1.807) is 0 Å². The topological polar surface area (TPSA) is 54.9 Å². The molecule has 22 heavy (non-hydrogen) atoms. The monoisotopic (exact) mass is 315 g/mol. The first-order valence-corrected chi connectivity index (χ1v) is 8.81. The van der Waals surface area contributed by atoms with Crippen LogP contribution < -0.4 is 5.32 Å². The number of hydrogen-bond donors (Lipinski definition) is 1. The Bertz CT molecular complexity index is 630. The zero-order valence-electron chi connectivity index (χ0n) is 12.8. The van der Waals surface area contributed by atoms with Gasteiger partial charge in [0.25, 0.3) is 5.91 Å². The molecule has 0 unspecified atom stereocenters. The van der Waals surface area contributed by atoms with Gasteiger partial charge in [0.15, 0.2) is 0 Å². The number of benzene rings is 1. The quantitative estimate of drug-likeness (QED) is 0.909. The molecule has 1 fully saturated rings. The first kappa shape index (κ1) is 15.2. The number of aromatic nitrogens is 2. The molecule has 3 rings (SSSR count). The maximum atomic E-state index is 12.2. The predicted molar refractivity (Wildman–Crippen MR) is 89.5 cm³/mol. The molecule has 0 aliphatic heterocycles. The summed E-state index contributed by atoms with van der Waals surface area (Å²) in [4.78, 5) is 12.2. The molecule has 4 nitrogen and oxygen atoms in total. The van der Waals surface area contributed by atoms with Crippen LogP contribution in [0.4, 0.5) is 5.13 Å². The second-order valence-electron chi connectivity index (χ2n) is 5.77. The van der Waals surface area contributed by atoms with Gasteiger partial charge in [-0.05, 0) is 42.9 Å². The average Bonchev–Trinajstić information content (AvgIpc) is 3.03. The van der Waals surface area contributed by atoms with Gasteiger partial charge in [0.05, 0.1) is 0 Å². The van der Waals surface area contributed by atoms with Crippen LogP contribution in [0.1, 0.15) is 65.9 Å². The molecule has 0 atom stereocenters. The Kier molecular flexibility index (Phi) is 4.83. The minimum atomic E-state index is -0.117. The number of nitrogens with one attached hydrogen (secondary N) is 1. The molecule has 1 N–H and O–H groups in total. The molecule has 0 saturated heterocycles. The van der Waals surface area contributed by atoms with Crippen LogP contribution in [0.2, 0.25) is 0 Å². The minimum absolute atomic E-state index is 0.117. The number of amides is 1. The van der Waals surface area contributed by atoms with E-state index in [0.29, 0.717) is 16.6 Å². The maximum Gasteiger partial charge on any atom is 0.257 e. The fraction of sp³-hybridized carbons (Fsp3) is 0.471. The van der Waals surface area contributed by atoms with E-state index >= 15 is 0 Å². The van der Waals surface area contributed by atoms with Gasteiger partial charge in [0.1, 0.15) is 5.01 Å². The summed E-state index contributed by atoms with van der Waals surface area (Å²) in [6.45, 7) is 2.02. The molecule has 1 amide bonds. The van der Waals surface area contributed by atoms with E-state index in [-0.39, 0.29) is 5.91 Å². The Hall–Kier alpha value is -1.75. The fourth-order valence-corrected chi connectivity index (χ4v) is 3.63. The Labute approximate surface area is 135 Å². The van der Waals surface area contributed by atoms with Crippen molar-refractivity contribution in [1.82, 2.24) is 10.2 Å². The first-order valence-electron chi connectivity index (χ1n) is 8.00. The molecular weight excluding hydrogens is 294 g/mol. The van der Waals surface area contributed by atoms with Crippen LogP contribution in [-0.4, -0.2) is 16.1 Å². The van der Waals surface area contributed by atoms with Gasteiger partial charge in [0, 0.05) is 5.56 Å². The van der Waals surface area contributed by atoms with Crippen molar-refractivity contribution < 1.29 is 4.79 Å². The molecule has 1 aromatic carbocycles. The van der Waals surface area contributed by atoms with Crippen LogP contribution in [-0.2, 0) is 6.42 Å². The molecule has 1 aliphatic carbocycles. The predicted octanol–water partition coefficient (Wildman–Crippen LogP) is 4.40. The van der Waals surface area contributed by atoms with Crippen molar-refractivity contribution in [3.63, 3.8) is 0 Å². The fourth-order valence-electron chi connectivity index (χ4n) is 2.96. The highest BCUT2D eigenvalue weighted by atomic mass is 32.1. The van der Waals surface area contributed by atoms with E-state index in [9.17, 15) is 4.79 Å². The van der Waals surface area contributed by atoms with Crippen LogP contribution in [0, 0.1) is 0 Å². The summed E-state index contributed by atoms with van der Waals surface area (Å²) in [6.07, 6.45) is 7.39. The van der Waals surface area contributed by atoms with Crippen LogP contribution in [0.25, 0.3) is 0 Å². The van der Waals surface area contributed by atoms with Crippen molar-refractivity contribution in [2.24, 2.45) is 0 Å². The second kappa shape index (κ2) is 7.01. The lowest BCUT2D eigenvalue weighted by atomic mass is 9.84. The van der Waals surface area contributed by atoms with Gasteiger partial charge in [-0.1, -0.05) is 49.7 Å². The van der Waals surface area contributed by atoms with E-state index in [0.717, 1.165) is 11.4 Å². The minimum Gasteiger partial charge on any atom is -0.296 e. The molecule has 1 heterocycles. The Balaban J connectivity index is 1.65. The maximum absolute atomic E-state index is 12.2. The highest BCUT2D eigenvalue weighted by Gasteiger charge is 2.16. The van der Waals surface area contributed by atoms with Crippen LogP contribution in [0.3, 0.4) is 0 Å². The summed E-state index contributed by atoms with van der Waals surface area (Å²) >= 11 is 1.43. The lowest BCUT2D eigenvalue weighted by Gasteiger charge is -2.22. The zero-order valence-corrected chi connectivity index (χ0v) is 13.7. The van der Waals surface area contributed by atoms with Crippen LogP contribution in [0.5, 0.6) is 0 Å². The number of hydrogen-bond acceptors (Lipinski definition) is 4. The summed E-state index contributed by atoms with van der Waals surface area (Å²) in [5.74, 6) is 0.551. The highest BCUT2D eigenvalue weighted by Crippen LogP contribution is 2.32. The van der Waals surface area contributed by atoms with Gasteiger partial charge < -0.3 is 0 Å². The van der Waals surface area contributed by atoms with Crippen molar-refractivity contribution >= 4 is 22.4 Å². The van der Waals surface area contributed by atoms with Crippen molar-refractivity contribution in [3.05, 3.63) is 40.4 Å². The number of rotatable bonds is 4. The SMILES string of the molecule is CCc1nnc(NC(=O)c2ccc(C3CCCCC3)cc2)s1. The largest absolute Gasteiger partial charge is 0.296 e. The summed E-state index contributed by atoms with van der Waals surface area (Å²) in [5, 5.41) is 12.3. The molecule has 0 radical (unpaired) electrons. The van der Waals surface area contributed by atoms with Crippen molar-refractivity contribution in [3.8, 4) is 0 Å². The third kappa shape index (κ3) is 3.53. The Morgan fingerprint density at radius 1 is 1.18 bits per heavy atom. The normalized spacial score (nSPS) is 15.7. The number of anilines is 1. The van der Waals surface area contributed by atoms with Gasteiger partial charge in [-0.25, -0.2) is 0 Å². The lowest BCUT2D eigenvalue weighted by Crippen LogP contribution is -2.12. The van der Waals surface area contributed by atoms with Crippen molar-refractivity contribution in [2.45, 2.75) is 51.4 Å². The molecular formula is C17H21N3OS. The number of carbonyl (C=O) groups excluding carboxylic acids is 1. The van der Waals surface area contributed by atoms with Crippen molar-refractivity contribution in [2.75, 3.05) is 5.32 Å². The molecule has 1 aromatic heterocycles. The molecule has 1 saturated carbocycles. The Morgan fingerprint density at radius 2 is 1.91 bits per heavy atom. The van der Waals surface area contributed by atoms with Crippen molar-refractivity contribution in [1.29, 1.82) is 0 Å². The molecule has 1 aliphatic rings. The summed E-state index contributed by atoms with van der Waals surface area (Å²) in [5.41, 5.74) is 2.04. The molecule has 0 spiro atoms. The van der Waals surface area contributed by atoms with Crippen LogP contribution in [0.15, 0.2) is 24.3 Å². The highest BCUT2D eigenvalue weighted by molar-refractivity contribution is 7.15. The second-order valence-corrected chi connectivity index (χ2v) is 6.83. The van der Waals surface area contributed by atoms with Gasteiger partial charge >= 0.3 is 0 Å². The lowest BCUT2D eigenvalue weighted by molar-refractivity contribution is 0.102. The van der Waals surface area contributed by atoms with E-state index in [1.165, 1.54) is 49.0 Å². The van der Waals surface area contributed by atoms with Gasteiger partial charge in [-0.3, -0.25) is 10.1 Å². The molecule has 116 valence electrons. The smallest absolute Gasteiger partial charge is 0.257 e. The van der Waals surface area contributed by atoms with E-state index in [1.807, 2.05) is 19.1 Å². The third-order valence-corrected chi connectivity index (χ3v) is 5.22. The number of carbonyl (C=O) groups is 1. The average molecular weight is 315 g/mol. The standard InChI is InChI=1S/C17H21N3OS/c1-2-15-19-20-17(22-15)18-16(21)14-10-8-13(9-11-14)12-6-4-3-5-7-12/h8-12H,2-7H2,1H3,(H,18,20,21). The molecule has 0 bridgehead atoms. The van der Waals surface area contributed by atoms with Crippen LogP contribution >= 0.6 is 11.3 Å². The number of aryl methyl sites for hydroxylation is 1. The number of nitrogens with zero attached hydrogens (tertiary/aromatic N) is 2. The molecule has 2 aromatic rings. The van der Waals surface area contributed by atoms with E-state index < -0.39 is 0 Å². The van der Waals surface area contributed by atoms with Gasteiger partial charge in [0.2, 0.25) is 5.13 Å². The van der Waals surface area contributed by atoms with Gasteiger partial charge in [-0.2, -0.15) is 0 Å². The summed E-state index contributed by atoms with van der Waals surface area (Å²) in [7, 11) is 0. The zero-order chi connectivity index (χ0) is 15.4. The third-order valence-electron chi connectivity index (χ3n) is 4.24.